The van der Waals surface area contributed by atoms with E-state index in [1.807, 2.05) is 0 Å². The molecule has 248 valence electrons. The highest BCUT2D eigenvalue weighted by molar-refractivity contribution is 6.31. The zero-order valence-electron chi connectivity index (χ0n) is 25.7. The van der Waals surface area contributed by atoms with Gasteiger partial charge in [-0.2, -0.15) is 9.97 Å². The number of carbonyl (C=O) groups excluding carboxylic acids is 1. The number of benzene rings is 4. The summed E-state index contributed by atoms with van der Waals surface area (Å²) >= 11 is 11.8. The Hall–Kier alpha value is -5.46. The van der Waals surface area contributed by atoms with Crippen molar-refractivity contribution in [1.82, 2.24) is 9.97 Å². The summed E-state index contributed by atoms with van der Waals surface area (Å²) in [5.41, 5.74) is 2.37. The van der Waals surface area contributed by atoms with Gasteiger partial charge in [0, 0.05) is 22.2 Å². The summed E-state index contributed by atoms with van der Waals surface area (Å²) in [5, 5.41) is 9.91. The van der Waals surface area contributed by atoms with Crippen molar-refractivity contribution >= 4 is 57.3 Å². The zero-order valence-corrected chi connectivity index (χ0v) is 27.2. The molecule has 0 saturated heterocycles. The first-order valence-electron chi connectivity index (χ1n) is 14.5. The molecule has 0 fully saturated rings. The minimum Gasteiger partial charge on any atom is -0.479 e. The molecule has 1 N–H and O–H groups in total. The van der Waals surface area contributed by atoms with Crippen LogP contribution < -0.4 is 18.9 Å². The second-order valence-corrected chi connectivity index (χ2v) is 10.8. The number of carbonyl (C=O) groups is 2. The average Bonchev–Trinajstić information content (AvgIpc) is 3.65. The lowest BCUT2D eigenvalue weighted by molar-refractivity contribution is -0.150. The van der Waals surface area contributed by atoms with Crippen LogP contribution in [-0.4, -0.2) is 45.8 Å². The fourth-order valence-corrected chi connectivity index (χ4v) is 4.31. The van der Waals surface area contributed by atoms with Crippen molar-refractivity contribution in [2.45, 2.75) is 33.0 Å². The number of hydrogen-bond acceptors (Lipinski definition) is 11. The minimum atomic E-state index is -1.03. The minimum absolute atomic E-state index is 0.0924. The highest BCUT2D eigenvalue weighted by atomic mass is 35.5. The quantitative estimate of drug-likeness (QED) is 0.129. The van der Waals surface area contributed by atoms with E-state index in [2.05, 4.69) is 9.97 Å². The molecule has 0 aliphatic heterocycles. The van der Waals surface area contributed by atoms with Crippen LogP contribution in [-0.2, 0) is 14.3 Å². The van der Waals surface area contributed by atoms with Crippen molar-refractivity contribution in [2.24, 2.45) is 0 Å². The fourth-order valence-electron chi connectivity index (χ4n) is 3.98. The first-order valence-corrected chi connectivity index (χ1v) is 15.2. The van der Waals surface area contributed by atoms with E-state index in [4.69, 9.17) is 60.8 Å². The van der Waals surface area contributed by atoms with Gasteiger partial charge in [-0.25, -0.2) is 9.59 Å². The molecule has 2 aromatic heterocycles. The largest absolute Gasteiger partial charge is 0.479 e. The molecule has 48 heavy (non-hydrogen) atoms. The number of nitrogens with zero attached hydrogens (tertiary/aromatic N) is 2. The van der Waals surface area contributed by atoms with Gasteiger partial charge in [0.1, 0.15) is 34.0 Å². The Labute approximate surface area is 283 Å². The first kappa shape index (κ1) is 33.9. The number of rotatable bonds is 11. The van der Waals surface area contributed by atoms with Gasteiger partial charge in [0.2, 0.25) is 0 Å². The number of esters is 1. The fraction of sp³-hybridized carbons (Fsp3) is 0.176. The van der Waals surface area contributed by atoms with Crippen molar-refractivity contribution in [2.75, 3.05) is 6.61 Å². The highest BCUT2D eigenvalue weighted by Gasteiger charge is 2.16. The summed E-state index contributed by atoms with van der Waals surface area (Å²) in [7, 11) is 0. The van der Waals surface area contributed by atoms with Crippen LogP contribution in [0.2, 0.25) is 10.0 Å². The van der Waals surface area contributed by atoms with E-state index in [0.717, 1.165) is 0 Å². The van der Waals surface area contributed by atoms with Gasteiger partial charge in [-0.1, -0.05) is 23.2 Å². The number of hydrogen-bond donors (Lipinski definition) is 1. The Morgan fingerprint density at radius 3 is 1.52 bits per heavy atom. The normalized spacial score (nSPS) is 12.0. The molecular formula is C34H28Cl2N2O10. The number of carboxylic acids is 1. The maximum absolute atomic E-state index is 11.6. The van der Waals surface area contributed by atoms with Gasteiger partial charge in [0.25, 0.3) is 0 Å². The molecule has 2 heterocycles. The van der Waals surface area contributed by atoms with Crippen LogP contribution in [0.5, 0.6) is 35.2 Å². The second kappa shape index (κ2) is 15.4. The van der Waals surface area contributed by atoms with E-state index in [9.17, 15) is 9.59 Å². The monoisotopic (exact) mass is 694 g/mol. The molecule has 0 radical (unpaired) electrons. The Bertz CT molecular complexity index is 2010. The summed E-state index contributed by atoms with van der Waals surface area (Å²) in [4.78, 5) is 30.7. The zero-order chi connectivity index (χ0) is 34.2. The van der Waals surface area contributed by atoms with Crippen LogP contribution in [0.3, 0.4) is 0 Å². The Morgan fingerprint density at radius 2 is 1.10 bits per heavy atom. The summed E-state index contributed by atoms with van der Waals surface area (Å²) in [6.45, 7) is 5.15. The standard InChI is InChI=1S/C18H16ClNO5.C16H12ClNO5/c1-3-22-17(21)11(2)23-13-5-7-14(8-6-13)24-18-20-15-9-4-12(19)10-16(15)25-18;1-9(15(19)20)21-11-3-5-12(6-4-11)22-16-18-13-7-2-10(17)8-14(13)23-16/h4-11H,3H2,1-2H3;2-9H,1H3,(H,19,20). The van der Waals surface area contributed by atoms with Crippen LogP contribution in [0.1, 0.15) is 20.8 Å². The number of aromatic nitrogens is 2. The van der Waals surface area contributed by atoms with Crippen LogP contribution in [0.15, 0.2) is 93.8 Å². The maximum Gasteiger partial charge on any atom is 0.400 e. The Balaban J connectivity index is 0.000000188. The lowest BCUT2D eigenvalue weighted by atomic mass is 10.3. The molecule has 4 aromatic carbocycles. The third-order valence-corrected chi connectivity index (χ3v) is 6.78. The van der Waals surface area contributed by atoms with Crippen molar-refractivity contribution < 1.29 is 47.2 Å². The Kier molecular flexibility index (Phi) is 10.9. The number of halogens is 2. The van der Waals surface area contributed by atoms with E-state index in [1.54, 1.807) is 98.8 Å². The van der Waals surface area contributed by atoms with E-state index in [1.165, 1.54) is 6.92 Å². The summed E-state index contributed by atoms with van der Waals surface area (Å²) in [6, 6.07) is 23.5. The van der Waals surface area contributed by atoms with Crippen molar-refractivity contribution in [3.8, 4) is 35.2 Å². The summed E-state index contributed by atoms with van der Waals surface area (Å²) in [6.07, 6.45) is -1.40. The van der Waals surface area contributed by atoms with Gasteiger partial charge in [-0.3, -0.25) is 0 Å². The Morgan fingerprint density at radius 1 is 0.688 bits per heavy atom. The van der Waals surface area contributed by atoms with Gasteiger partial charge >= 0.3 is 24.1 Å². The SMILES string of the molecule is CC(Oc1ccc(Oc2nc3ccc(Cl)cc3o2)cc1)C(=O)O.CCOC(=O)C(C)Oc1ccc(Oc2nc3ccc(Cl)cc3o2)cc1. The van der Waals surface area contributed by atoms with E-state index in [0.29, 0.717) is 61.8 Å². The van der Waals surface area contributed by atoms with Gasteiger partial charge in [-0.05, 0) is 93.6 Å². The first-order chi connectivity index (χ1) is 23.1. The molecule has 2 atom stereocenters. The predicted octanol–water partition coefficient (Wildman–Crippen LogP) is 8.73. The molecule has 0 saturated carbocycles. The molecule has 2 unspecified atom stereocenters. The van der Waals surface area contributed by atoms with Gasteiger partial charge in [-0.15, -0.1) is 0 Å². The molecule has 14 heteroatoms. The molecule has 0 amide bonds. The smallest absolute Gasteiger partial charge is 0.400 e. The van der Waals surface area contributed by atoms with E-state index in [-0.39, 0.29) is 12.2 Å². The number of aliphatic carboxylic acids is 1. The number of ether oxygens (including phenoxy) is 5. The number of fused-ring (bicyclic) bond motifs is 2. The molecule has 6 aromatic rings. The summed E-state index contributed by atoms with van der Waals surface area (Å²) in [5.74, 6) is 0.518. The lowest BCUT2D eigenvalue weighted by Crippen LogP contribution is -2.25. The lowest BCUT2D eigenvalue weighted by Gasteiger charge is -2.13. The summed E-state index contributed by atoms with van der Waals surface area (Å²) < 4.78 is 37.7. The van der Waals surface area contributed by atoms with Gasteiger partial charge in [0.15, 0.2) is 23.4 Å². The molecule has 0 spiro atoms. The van der Waals surface area contributed by atoms with Crippen LogP contribution in [0.4, 0.5) is 0 Å². The van der Waals surface area contributed by atoms with Crippen LogP contribution in [0, 0.1) is 0 Å². The third kappa shape index (κ3) is 9.08. The van der Waals surface area contributed by atoms with E-state index < -0.39 is 24.1 Å². The molecule has 6 rings (SSSR count). The van der Waals surface area contributed by atoms with Crippen LogP contribution in [0.25, 0.3) is 22.2 Å². The molecule has 0 bridgehead atoms. The molecular weight excluding hydrogens is 667 g/mol. The predicted molar refractivity (Wildman–Crippen MR) is 176 cm³/mol. The second-order valence-electron chi connectivity index (χ2n) is 9.94. The van der Waals surface area contributed by atoms with E-state index >= 15 is 0 Å². The molecule has 12 nitrogen and oxygen atoms in total. The van der Waals surface area contributed by atoms with Crippen molar-refractivity contribution in [3.05, 3.63) is 95.0 Å². The number of oxazole rings is 2. The van der Waals surface area contributed by atoms with Crippen molar-refractivity contribution in [1.29, 1.82) is 0 Å². The van der Waals surface area contributed by atoms with Gasteiger partial charge < -0.3 is 37.6 Å². The third-order valence-electron chi connectivity index (χ3n) is 6.31. The number of carboxylic acid groups (broad SMARTS) is 1. The average molecular weight is 696 g/mol. The molecule has 0 aliphatic carbocycles. The van der Waals surface area contributed by atoms with Crippen molar-refractivity contribution in [3.63, 3.8) is 0 Å². The molecule has 0 aliphatic rings. The van der Waals surface area contributed by atoms with Crippen LogP contribution >= 0.6 is 23.2 Å². The topological polar surface area (TPSA) is 153 Å². The highest BCUT2D eigenvalue weighted by Crippen LogP contribution is 2.30. The van der Waals surface area contributed by atoms with Gasteiger partial charge in [0.05, 0.1) is 6.61 Å². The maximum atomic E-state index is 11.6.